The normalized spacial score (nSPS) is 12.6. The van der Waals surface area contributed by atoms with E-state index >= 15 is 0 Å². The Kier molecular flexibility index (Phi) is 2.84. The van der Waals surface area contributed by atoms with Gasteiger partial charge in [-0.3, -0.25) is 24.4 Å². The van der Waals surface area contributed by atoms with E-state index in [4.69, 9.17) is 4.98 Å². The smallest absolute Gasteiger partial charge is 0.260 e. The van der Waals surface area contributed by atoms with Crippen molar-refractivity contribution in [3.8, 4) is 5.88 Å². The number of pyridine rings is 2. The first-order valence-electron chi connectivity index (χ1n) is 10.7. The molecule has 0 aliphatic rings. The maximum absolute atomic E-state index is 13.3. The van der Waals surface area contributed by atoms with Gasteiger partial charge in [-0.05, 0) is 12.1 Å². The Labute approximate surface area is 186 Å². The van der Waals surface area contributed by atoms with Crippen LogP contribution >= 0.6 is 0 Å². The first-order valence-corrected chi connectivity index (χ1v) is 10.7. The number of H-pyrrole nitrogens is 3. The summed E-state index contributed by atoms with van der Waals surface area (Å²) in [5.74, 6) is -0.326. The van der Waals surface area contributed by atoms with Gasteiger partial charge in [-0.2, -0.15) is 0 Å². The van der Waals surface area contributed by atoms with E-state index in [9.17, 15) is 19.5 Å². The minimum atomic E-state index is -0.576. The second-order valence-electron chi connectivity index (χ2n) is 8.61. The number of hydrogen-bond acceptors (Lipinski definition) is 5. The van der Waals surface area contributed by atoms with E-state index in [1.54, 1.807) is 0 Å². The Hall–Kier alpha value is -4.98. The van der Waals surface area contributed by atoms with Crippen molar-refractivity contribution >= 4 is 75.9 Å². The molecule has 0 aliphatic carbocycles. The van der Waals surface area contributed by atoms with Crippen LogP contribution in [0.4, 0.5) is 0 Å². The Morgan fingerprint density at radius 2 is 1.24 bits per heavy atom. The highest BCUT2D eigenvalue weighted by atomic mass is 16.3. The number of para-hydroxylation sites is 2. The third kappa shape index (κ3) is 1.79. The molecule has 0 unspecified atom stereocenters. The van der Waals surface area contributed by atoms with E-state index in [0.717, 1.165) is 16.3 Å². The second-order valence-corrected chi connectivity index (χ2v) is 8.61. The Bertz CT molecular complexity index is 2360. The lowest BCUT2D eigenvalue weighted by Crippen LogP contribution is -2.21. The summed E-state index contributed by atoms with van der Waals surface area (Å²) < 4.78 is 0. The molecule has 0 bridgehead atoms. The number of nitrogens with zero attached hydrogens (tertiary/aromatic N) is 1. The van der Waals surface area contributed by atoms with Crippen LogP contribution in [0.15, 0.2) is 62.9 Å². The van der Waals surface area contributed by atoms with Gasteiger partial charge in [-0.15, -0.1) is 0 Å². The summed E-state index contributed by atoms with van der Waals surface area (Å²) in [6, 6.07) is 14.8. The van der Waals surface area contributed by atoms with E-state index in [2.05, 4.69) is 15.0 Å². The molecular weight excluding hydrogens is 432 g/mol. The SMILES string of the molecule is O=c1[nH]c(O)c2c3[nH]c4ccccc4c3c3c(=O)[nH]c(=O)c4c5nc6ccccc6c5c1c2c43. The molecule has 0 saturated carbocycles. The number of aromatic hydroxyl groups is 1. The number of aromatic nitrogens is 4. The number of nitrogens with one attached hydrogen (secondary N) is 3. The van der Waals surface area contributed by atoms with E-state index < -0.39 is 16.7 Å². The van der Waals surface area contributed by atoms with Gasteiger partial charge in [0.25, 0.3) is 16.7 Å². The minimum Gasteiger partial charge on any atom is -0.494 e. The molecule has 0 fully saturated rings. The molecule has 4 aromatic heterocycles. The zero-order valence-electron chi connectivity index (χ0n) is 17.2. The molecule has 8 nitrogen and oxygen atoms in total. The van der Waals surface area contributed by atoms with E-state index in [1.807, 2.05) is 48.5 Å². The molecule has 0 radical (unpaired) electrons. The molecule has 4 aromatic carbocycles. The Balaban J connectivity index is 1.93. The van der Waals surface area contributed by atoms with Crippen molar-refractivity contribution in [2.75, 3.05) is 0 Å². The van der Waals surface area contributed by atoms with Gasteiger partial charge in [0, 0.05) is 37.8 Å². The number of aromatic amines is 3. The minimum absolute atomic E-state index is 0.232. The predicted molar refractivity (Wildman–Crippen MR) is 133 cm³/mol. The van der Waals surface area contributed by atoms with Gasteiger partial charge in [-0.1, -0.05) is 36.4 Å². The zero-order chi connectivity index (χ0) is 22.9. The summed E-state index contributed by atoms with van der Waals surface area (Å²) in [4.78, 5) is 52.9. The van der Waals surface area contributed by atoms with Crippen LogP contribution < -0.4 is 16.7 Å². The fourth-order valence-electron chi connectivity index (χ4n) is 5.73. The van der Waals surface area contributed by atoms with Gasteiger partial charge in [0.2, 0.25) is 5.88 Å². The molecule has 0 amide bonds. The van der Waals surface area contributed by atoms with Crippen molar-refractivity contribution in [1.82, 2.24) is 19.9 Å². The predicted octanol–water partition coefficient (Wildman–Crippen LogP) is 3.80. The van der Waals surface area contributed by atoms with Crippen LogP contribution in [0.25, 0.3) is 75.9 Å². The highest BCUT2D eigenvalue weighted by Crippen LogP contribution is 2.46. The van der Waals surface area contributed by atoms with E-state index in [-0.39, 0.29) is 11.3 Å². The number of fused-ring (bicyclic) bond motifs is 10. The Morgan fingerprint density at radius 1 is 0.588 bits per heavy atom. The average molecular weight is 444 g/mol. The summed E-state index contributed by atoms with van der Waals surface area (Å²) in [5.41, 5.74) is 0.631. The van der Waals surface area contributed by atoms with Gasteiger partial charge in [0.15, 0.2) is 0 Å². The first kappa shape index (κ1) is 17.6. The lowest BCUT2D eigenvalue weighted by Gasteiger charge is -2.13. The lowest BCUT2D eigenvalue weighted by molar-refractivity contribution is 0.459. The molecule has 4 heterocycles. The molecule has 8 aromatic rings. The van der Waals surface area contributed by atoms with Crippen molar-refractivity contribution in [2.24, 2.45) is 0 Å². The zero-order valence-corrected chi connectivity index (χ0v) is 17.2. The van der Waals surface area contributed by atoms with Crippen LogP contribution in [0.3, 0.4) is 0 Å². The Morgan fingerprint density at radius 3 is 2.09 bits per heavy atom. The van der Waals surface area contributed by atoms with Crippen LogP contribution in [0, 0.1) is 0 Å². The van der Waals surface area contributed by atoms with Gasteiger partial charge in [-0.25, -0.2) is 4.98 Å². The fourth-order valence-corrected chi connectivity index (χ4v) is 5.73. The van der Waals surface area contributed by atoms with Crippen LogP contribution in [-0.4, -0.2) is 25.0 Å². The van der Waals surface area contributed by atoms with Gasteiger partial charge in [0.1, 0.15) is 0 Å². The van der Waals surface area contributed by atoms with E-state index in [1.165, 1.54) is 0 Å². The monoisotopic (exact) mass is 444 g/mol. The summed E-state index contributed by atoms with van der Waals surface area (Å²) in [6.07, 6.45) is 0. The standard InChI is InChI=1S/C26H12N4O4/c31-23-17-13-9-5-1-3-7-11(9)27-21(13)19-16-15(17)20(26(34)29-23)22-14(18(16)24(32)30-25(19)33)10-6-2-4-8-12(10)28-22/h1-8,27H,(H,29,31,34)(H2,30,32,33). The average Bonchev–Trinajstić information content (AvgIpc) is 3.38. The third-order valence-corrected chi connectivity index (χ3v) is 6.96. The molecule has 0 saturated heterocycles. The third-order valence-electron chi connectivity index (χ3n) is 6.96. The van der Waals surface area contributed by atoms with Gasteiger partial charge in [0.05, 0.1) is 38.1 Å². The van der Waals surface area contributed by atoms with Gasteiger partial charge >= 0.3 is 0 Å². The summed E-state index contributed by atoms with van der Waals surface area (Å²) in [7, 11) is 0. The number of benzene rings is 4. The highest BCUT2D eigenvalue weighted by molar-refractivity contribution is 6.43. The van der Waals surface area contributed by atoms with E-state index in [0.29, 0.717) is 54.3 Å². The highest BCUT2D eigenvalue weighted by Gasteiger charge is 2.28. The topological polar surface area (TPSA) is 132 Å². The van der Waals surface area contributed by atoms with Gasteiger partial charge < -0.3 is 10.1 Å². The molecule has 0 aliphatic heterocycles. The largest absolute Gasteiger partial charge is 0.494 e. The summed E-state index contributed by atoms with van der Waals surface area (Å²) >= 11 is 0. The maximum atomic E-state index is 13.3. The van der Waals surface area contributed by atoms with Crippen molar-refractivity contribution in [3.05, 3.63) is 79.6 Å². The first-order chi connectivity index (χ1) is 16.5. The molecule has 34 heavy (non-hydrogen) atoms. The van der Waals surface area contributed by atoms with Crippen LogP contribution in [0.1, 0.15) is 0 Å². The molecule has 8 rings (SSSR count). The summed E-state index contributed by atoms with van der Waals surface area (Å²) in [6.45, 7) is 0. The summed E-state index contributed by atoms with van der Waals surface area (Å²) in [5, 5.41) is 15.4. The molecule has 0 atom stereocenters. The van der Waals surface area contributed by atoms with Crippen LogP contribution in [-0.2, 0) is 0 Å². The lowest BCUT2D eigenvalue weighted by atomic mass is 9.90. The number of rotatable bonds is 0. The molecule has 4 N–H and O–H groups in total. The second kappa shape index (κ2) is 5.49. The number of hydrogen-bond donors (Lipinski definition) is 4. The van der Waals surface area contributed by atoms with Crippen LogP contribution in [0.5, 0.6) is 5.88 Å². The quantitative estimate of drug-likeness (QED) is 0.264. The fraction of sp³-hybridized carbons (Fsp3) is 0. The van der Waals surface area contributed by atoms with Crippen LogP contribution in [0.2, 0.25) is 0 Å². The van der Waals surface area contributed by atoms with Crippen molar-refractivity contribution in [1.29, 1.82) is 0 Å². The van der Waals surface area contributed by atoms with Crippen molar-refractivity contribution in [3.63, 3.8) is 0 Å². The maximum Gasteiger partial charge on any atom is 0.260 e. The van der Waals surface area contributed by atoms with Crippen molar-refractivity contribution < 1.29 is 5.11 Å². The van der Waals surface area contributed by atoms with Crippen molar-refractivity contribution in [2.45, 2.75) is 0 Å². The molecule has 8 heteroatoms. The molecule has 160 valence electrons. The molecule has 0 spiro atoms. The molecular formula is C26H12N4O4.